The predicted octanol–water partition coefficient (Wildman–Crippen LogP) is 2.86. The van der Waals surface area contributed by atoms with Gasteiger partial charge in [0.05, 0.1) is 6.61 Å². The number of hydrogen-bond donors (Lipinski definition) is 2. The second-order valence-electron chi connectivity index (χ2n) is 4.94. The summed E-state index contributed by atoms with van der Waals surface area (Å²) in [5.74, 6) is 0.0406. The van der Waals surface area contributed by atoms with E-state index in [0.717, 1.165) is 12.2 Å². The van der Waals surface area contributed by atoms with Crippen LogP contribution in [0.25, 0.3) is 0 Å². The molecule has 0 saturated heterocycles. The molecule has 2 N–H and O–H groups in total. The highest BCUT2D eigenvalue weighted by Gasteiger charge is 2.34. The lowest BCUT2D eigenvalue weighted by Gasteiger charge is -2.27. The number of carboxylic acids is 1. The van der Waals surface area contributed by atoms with Crippen molar-refractivity contribution in [2.45, 2.75) is 45.1 Å². The van der Waals surface area contributed by atoms with Gasteiger partial charge in [-0.05, 0) is 50.4 Å². The molecule has 0 radical (unpaired) electrons. The van der Waals surface area contributed by atoms with Crippen molar-refractivity contribution in [1.82, 2.24) is 5.32 Å². The van der Waals surface area contributed by atoms with Gasteiger partial charge in [-0.3, -0.25) is 4.79 Å². The SMILES string of the molecule is CCc1ccc(OCCCC(CC)(NC)C(=O)O)cc1. The molecule has 1 atom stereocenters. The number of benzene rings is 1. The highest BCUT2D eigenvalue weighted by molar-refractivity contribution is 5.78. The van der Waals surface area contributed by atoms with Gasteiger partial charge in [0.15, 0.2) is 0 Å². The summed E-state index contributed by atoms with van der Waals surface area (Å²) < 4.78 is 5.65. The van der Waals surface area contributed by atoms with Crippen LogP contribution in [-0.4, -0.2) is 30.3 Å². The molecule has 0 aromatic heterocycles. The summed E-state index contributed by atoms with van der Waals surface area (Å²) in [6.07, 6.45) is 2.84. The van der Waals surface area contributed by atoms with E-state index in [1.807, 2.05) is 19.1 Å². The third kappa shape index (κ3) is 4.23. The van der Waals surface area contributed by atoms with E-state index in [-0.39, 0.29) is 0 Å². The van der Waals surface area contributed by atoms with Crippen LogP contribution in [0.2, 0.25) is 0 Å². The summed E-state index contributed by atoms with van der Waals surface area (Å²) in [7, 11) is 1.70. The molecular weight excluding hydrogens is 254 g/mol. The second-order valence-corrected chi connectivity index (χ2v) is 4.94. The standard InChI is InChI=1S/C16H25NO3/c1-4-13-7-9-14(10-8-13)20-12-6-11-16(5-2,17-3)15(18)19/h7-10,17H,4-6,11-12H2,1-3H3,(H,18,19). The van der Waals surface area contributed by atoms with Gasteiger partial charge >= 0.3 is 5.97 Å². The van der Waals surface area contributed by atoms with Crippen molar-refractivity contribution in [2.24, 2.45) is 0 Å². The topological polar surface area (TPSA) is 58.6 Å². The van der Waals surface area contributed by atoms with Gasteiger partial charge in [0, 0.05) is 0 Å². The summed E-state index contributed by atoms with van der Waals surface area (Å²) in [6, 6.07) is 8.02. The van der Waals surface area contributed by atoms with E-state index < -0.39 is 11.5 Å². The lowest BCUT2D eigenvalue weighted by molar-refractivity contribution is -0.145. The molecule has 0 bridgehead atoms. The third-order valence-electron chi connectivity index (χ3n) is 3.84. The first kappa shape index (κ1) is 16.5. The number of ether oxygens (including phenoxy) is 1. The molecule has 4 nitrogen and oxygen atoms in total. The molecule has 1 aromatic carbocycles. The molecule has 112 valence electrons. The fourth-order valence-electron chi connectivity index (χ4n) is 2.23. The quantitative estimate of drug-likeness (QED) is 0.682. The molecule has 0 amide bonds. The van der Waals surface area contributed by atoms with Crippen LogP contribution in [0.1, 0.15) is 38.7 Å². The average Bonchev–Trinajstić information content (AvgIpc) is 2.48. The molecule has 0 aliphatic heterocycles. The van der Waals surface area contributed by atoms with Gasteiger partial charge in [0.1, 0.15) is 11.3 Å². The van der Waals surface area contributed by atoms with Crippen molar-refractivity contribution in [2.75, 3.05) is 13.7 Å². The molecule has 4 heteroatoms. The largest absolute Gasteiger partial charge is 0.494 e. The Labute approximate surface area is 121 Å². The maximum atomic E-state index is 11.3. The Morgan fingerprint density at radius 2 is 1.95 bits per heavy atom. The van der Waals surface area contributed by atoms with Gasteiger partial charge in [0.25, 0.3) is 0 Å². The zero-order valence-corrected chi connectivity index (χ0v) is 12.6. The summed E-state index contributed by atoms with van der Waals surface area (Å²) in [5.41, 5.74) is 0.443. The van der Waals surface area contributed by atoms with Crippen molar-refractivity contribution in [3.05, 3.63) is 29.8 Å². The Morgan fingerprint density at radius 1 is 1.30 bits per heavy atom. The van der Waals surface area contributed by atoms with E-state index in [9.17, 15) is 9.90 Å². The first-order chi connectivity index (χ1) is 9.57. The zero-order chi connectivity index (χ0) is 15.0. The van der Waals surface area contributed by atoms with Crippen LogP contribution >= 0.6 is 0 Å². The maximum absolute atomic E-state index is 11.3. The Morgan fingerprint density at radius 3 is 2.40 bits per heavy atom. The molecule has 1 unspecified atom stereocenters. The highest BCUT2D eigenvalue weighted by Crippen LogP contribution is 2.18. The van der Waals surface area contributed by atoms with Crippen LogP contribution < -0.4 is 10.1 Å². The van der Waals surface area contributed by atoms with Gasteiger partial charge in [0.2, 0.25) is 0 Å². The zero-order valence-electron chi connectivity index (χ0n) is 12.6. The molecule has 1 aromatic rings. The number of nitrogens with one attached hydrogen (secondary N) is 1. The molecule has 0 fully saturated rings. The van der Waals surface area contributed by atoms with Gasteiger partial charge in [-0.2, -0.15) is 0 Å². The van der Waals surface area contributed by atoms with E-state index in [1.54, 1.807) is 7.05 Å². The van der Waals surface area contributed by atoms with E-state index >= 15 is 0 Å². The lowest BCUT2D eigenvalue weighted by Crippen LogP contribution is -2.50. The molecule has 0 aliphatic rings. The summed E-state index contributed by atoms with van der Waals surface area (Å²) in [4.78, 5) is 11.3. The number of carboxylic acid groups (broad SMARTS) is 1. The van der Waals surface area contributed by atoms with Gasteiger partial charge < -0.3 is 15.2 Å². The first-order valence-corrected chi connectivity index (χ1v) is 7.22. The van der Waals surface area contributed by atoms with E-state index in [4.69, 9.17) is 4.74 Å². The van der Waals surface area contributed by atoms with Crippen molar-refractivity contribution in [3.63, 3.8) is 0 Å². The Kier molecular flexibility index (Phi) is 6.52. The van der Waals surface area contributed by atoms with E-state index in [0.29, 0.717) is 25.9 Å². The Balaban J connectivity index is 2.41. The number of hydrogen-bond acceptors (Lipinski definition) is 3. The van der Waals surface area contributed by atoms with E-state index in [1.165, 1.54) is 5.56 Å². The molecule has 0 saturated carbocycles. The Bertz CT molecular complexity index is 410. The average molecular weight is 279 g/mol. The van der Waals surface area contributed by atoms with Crippen LogP contribution in [0.5, 0.6) is 5.75 Å². The normalized spacial score (nSPS) is 13.8. The summed E-state index contributed by atoms with van der Waals surface area (Å²) in [5, 5.41) is 12.2. The molecule has 20 heavy (non-hydrogen) atoms. The minimum absolute atomic E-state index is 0.530. The molecule has 1 rings (SSSR count). The van der Waals surface area contributed by atoms with Crippen molar-refractivity contribution in [3.8, 4) is 5.75 Å². The summed E-state index contributed by atoms with van der Waals surface area (Å²) in [6.45, 7) is 4.53. The van der Waals surface area contributed by atoms with Crippen LogP contribution in [0.4, 0.5) is 0 Å². The van der Waals surface area contributed by atoms with Gasteiger partial charge in [-0.1, -0.05) is 26.0 Å². The van der Waals surface area contributed by atoms with Crippen LogP contribution in [0.15, 0.2) is 24.3 Å². The highest BCUT2D eigenvalue weighted by atomic mass is 16.5. The second kappa shape index (κ2) is 7.90. The molecule has 0 heterocycles. The minimum atomic E-state index is -0.838. The van der Waals surface area contributed by atoms with Gasteiger partial charge in [-0.25, -0.2) is 0 Å². The van der Waals surface area contributed by atoms with Crippen molar-refractivity contribution < 1.29 is 14.6 Å². The lowest BCUT2D eigenvalue weighted by atomic mass is 9.91. The number of aryl methyl sites for hydroxylation is 1. The molecule has 0 aliphatic carbocycles. The molecular formula is C16H25NO3. The first-order valence-electron chi connectivity index (χ1n) is 7.22. The number of carbonyl (C=O) groups is 1. The third-order valence-corrected chi connectivity index (χ3v) is 3.84. The molecule has 0 spiro atoms. The van der Waals surface area contributed by atoms with Crippen molar-refractivity contribution in [1.29, 1.82) is 0 Å². The van der Waals surface area contributed by atoms with Crippen LogP contribution in [0.3, 0.4) is 0 Å². The van der Waals surface area contributed by atoms with Crippen LogP contribution in [-0.2, 0) is 11.2 Å². The van der Waals surface area contributed by atoms with Gasteiger partial charge in [-0.15, -0.1) is 0 Å². The van der Waals surface area contributed by atoms with Crippen molar-refractivity contribution >= 4 is 5.97 Å². The summed E-state index contributed by atoms with van der Waals surface area (Å²) >= 11 is 0. The smallest absolute Gasteiger partial charge is 0.323 e. The fourth-order valence-corrected chi connectivity index (χ4v) is 2.23. The fraction of sp³-hybridized carbons (Fsp3) is 0.562. The maximum Gasteiger partial charge on any atom is 0.323 e. The number of likely N-dealkylation sites (N-methyl/N-ethyl adjacent to an activating group) is 1. The Hall–Kier alpha value is -1.55. The number of aliphatic carboxylic acids is 1. The monoisotopic (exact) mass is 279 g/mol. The van der Waals surface area contributed by atoms with E-state index in [2.05, 4.69) is 24.4 Å². The number of rotatable bonds is 9. The predicted molar refractivity (Wildman–Crippen MR) is 80.3 cm³/mol. The minimum Gasteiger partial charge on any atom is -0.494 e. The van der Waals surface area contributed by atoms with Crippen LogP contribution in [0, 0.1) is 0 Å².